The molecule has 0 bridgehead atoms. The molecule has 0 spiro atoms. The predicted molar refractivity (Wildman–Crippen MR) is 97.3 cm³/mol. The number of nitrogens with zero attached hydrogens (tertiary/aromatic N) is 4. The van der Waals surface area contributed by atoms with Crippen molar-refractivity contribution in [1.29, 1.82) is 0 Å². The van der Waals surface area contributed by atoms with E-state index in [1.54, 1.807) is 14.0 Å². The summed E-state index contributed by atoms with van der Waals surface area (Å²) in [5.41, 5.74) is 1.57. The number of aromatic nitrogens is 3. The Morgan fingerprint density at radius 3 is 2.70 bits per heavy atom. The number of ether oxygens (including phenoxy) is 1. The predicted octanol–water partition coefficient (Wildman–Crippen LogP) is 2.51. The number of carbonyl (C=O) groups excluding carboxylic acids is 1. The topological polar surface area (TPSA) is 94.5 Å². The molecule has 8 nitrogen and oxygen atoms in total. The van der Waals surface area contributed by atoms with Gasteiger partial charge in [0, 0.05) is 45.7 Å². The molecular weight excluding hydrogens is 348 g/mol. The molecule has 1 atom stereocenters. The molecule has 1 amide bonds. The van der Waals surface area contributed by atoms with Crippen LogP contribution < -0.4 is 0 Å². The molecule has 3 rings (SSSR count). The SMILES string of the molecule is COCCC1(c2noc(C)n2)CCCN(C(=O)CCc2c(C)noc2C)C1. The van der Waals surface area contributed by atoms with Crippen molar-refractivity contribution in [3.63, 3.8) is 0 Å². The molecule has 1 aliphatic heterocycles. The second kappa shape index (κ2) is 8.21. The smallest absolute Gasteiger partial charge is 0.223 e. The summed E-state index contributed by atoms with van der Waals surface area (Å²) >= 11 is 0. The van der Waals surface area contributed by atoms with Crippen LogP contribution >= 0.6 is 0 Å². The van der Waals surface area contributed by atoms with Crippen molar-refractivity contribution in [2.45, 2.75) is 58.3 Å². The molecule has 0 aromatic carbocycles. The standard InChI is InChI=1S/C19H28N4O4/c1-13-16(14(2)26-21-13)6-7-17(24)23-10-5-8-19(12-23,9-11-25-4)18-20-15(3)27-22-18/h5-12H2,1-4H3. The van der Waals surface area contributed by atoms with Crippen LogP contribution in [0.15, 0.2) is 9.05 Å². The van der Waals surface area contributed by atoms with Crippen LogP contribution in [-0.4, -0.2) is 52.9 Å². The number of carbonyl (C=O) groups is 1. The summed E-state index contributed by atoms with van der Waals surface area (Å²) in [6.45, 7) is 7.52. The molecule has 1 unspecified atom stereocenters. The van der Waals surface area contributed by atoms with Gasteiger partial charge in [0.25, 0.3) is 0 Å². The minimum absolute atomic E-state index is 0.136. The first-order valence-electron chi connectivity index (χ1n) is 9.44. The maximum absolute atomic E-state index is 12.9. The van der Waals surface area contributed by atoms with Gasteiger partial charge in [-0.05, 0) is 39.5 Å². The molecule has 27 heavy (non-hydrogen) atoms. The number of likely N-dealkylation sites (tertiary alicyclic amines) is 1. The van der Waals surface area contributed by atoms with Crippen LogP contribution in [0.4, 0.5) is 0 Å². The van der Waals surface area contributed by atoms with Crippen molar-refractivity contribution < 1.29 is 18.6 Å². The van der Waals surface area contributed by atoms with Gasteiger partial charge in [-0.1, -0.05) is 10.3 Å². The highest BCUT2D eigenvalue weighted by Crippen LogP contribution is 2.36. The molecule has 8 heteroatoms. The molecule has 1 fully saturated rings. The molecule has 0 saturated carbocycles. The minimum Gasteiger partial charge on any atom is -0.385 e. The second-order valence-corrected chi connectivity index (χ2v) is 7.38. The molecule has 2 aromatic rings. The highest BCUT2D eigenvalue weighted by molar-refractivity contribution is 5.76. The second-order valence-electron chi connectivity index (χ2n) is 7.38. The van der Waals surface area contributed by atoms with Crippen LogP contribution in [0, 0.1) is 20.8 Å². The Labute approximate surface area is 159 Å². The zero-order valence-corrected chi connectivity index (χ0v) is 16.6. The Morgan fingerprint density at radius 1 is 1.26 bits per heavy atom. The highest BCUT2D eigenvalue weighted by Gasteiger charge is 2.42. The average Bonchev–Trinajstić information content (AvgIpc) is 3.24. The van der Waals surface area contributed by atoms with E-state index in [-0.39, 0.29) is 11.3 Å². The number of rotatable bonds is 7. The summed E-state index contributed by atoms with van der Waals surface area (Å²) < 4.78 is 15.7. The Balaban J connectivity index is 1.71. The summed E-state index contributed by atoms with van der Waals surface area (Å²) in [6, 6.07) is 0. The average molecular weight is 376 g/mol. The molecule has 148 valence electrons. The lowest BCUT2D eigenvalue weighted by Crippen LogP contribution is -2.49. The summed E-state index contributed by atoms with van der Waals surface area (Å²) in [6.07, 6.45) is 3.67. The lowest BCUT2D eigenvalue weighted by molar-refractivity contribution is -0.133. The highest BCUT2D eigenvalue weighted by atomic mass is 16.5. The number of aryl methyl sites for hydroxylation is 3. The third kappa shape index (κ3) is 4.21. The molecule has 0 radical (unpaired) electrons. The van der Waals surface area contributed by atoms with Crippen molar-refractivity contribution >= 4 is 5.91 Å². The Bertz CT molecular complexity index is 765. The molecule has 1 aliphatic rings. The van der Waals surface area contributed by atoms with E-state index in [4.69, 9.17) is 13.8 Å². The van der Waals surface area contributed by atoms with Crippen LogP contribution in [0.1, 0.15) is 54.4 Å². The van der Waals surface area contributed by atoms with Gasteiger partial charge < -0.3 is 18.7 Å². The van der Waals surface area contributed by atoms with Gasteiger partial charge in [0.15, 0.2) is 5.82 Å². The van der Waals surface area contributed by atoms with E-state index >= 15 is 0 Å². The van der Waals surface area contributed by atoms with Gasteiger partial charge in [-0.15, -0.1) is 0 Å². The number of piperidine rings is 1. The Hall–Kier alpha value is -2.22. The maximum Gasteiger partial charge on any atom is 0.223 e. The summed E-state index contributed by atoms with van der Waals surface area (Å²) in [7, 11) is 1.69. The molecule has 0 aliphatic carbocycles. The van der Waals surface area contributed by atoms with Crippen LogP contribution in [0.5, 0.6) is 0 Å². The van der Waals surface area contributed by atoms with Gasteiger partial charge in [0.1, 0.15) is 5.76 Å². The third-order valence-corrected chi connectivity index (χ3v) is 5.49. The maximum atomic E-state index is 12.9. The largest absolute Gasteiger partial charge is 0.385 e. The van der Waals surface area contributed by atoms with E-state index in [1.807, 2.05) is 18.7 Å². The zero-order valence-electron chi connectivity index (χ0n) is 16.6. The number of methoxy groups -OCH3 is 1. The van der Waals surface area contributed by atoms with Crippen molar-refractivity contribution in [2.24, 2.45) is 0 Å². The minimum atomic E-state index is -0.315. The van der Waals surface area contributed by atoms with Crippen LogP contribution in [0.3, 0.4) is 0 Å². The van der Waals surface area contributed by atoms with Crippen LogP contribution in [0.2, 0.25) is 0 Å². The van der Waals surface area contributed by atoms with Crippen molar-refractivity contribution in [1.82, 2.24) is 20.2 Å². The van der Waals surface area contributed by atoms with Crippen LogP contribution in [-0.2, 0) is 21.4 Å². The monoisotopic (exact) mass is 376 g/mol. The third-order valence-electron chi connectivity index (χ3n) is 5.49. The summed E-state index contributed by atoms with van der Waals surface area (Å²) in [5, 5.41) is 8.13. The van der Waals surface area contributed by atoms with Gasteiger partial charge in [-0.2, -0.15) is 4.98 Å². The molecule has 3 heterocycles. The van der Waals surface area contributed by atoms with Gasteiger partial charge in [-0.25, -0.2) is 0 Å². The molecular formula is C19H28N4O4. The number of hydrogen-bond acceptors (Lipinski definition) is 7. The van der Waals surface area contributed by atoms with E-state index in [1.165, 1.54) is 0 Å². The van der Waals surface area contributed by atoms with Crippen molar-refractivity contribution in [3.05, 3.63) is 28.7 Å². The van der Waals surface area contributed by atoms with Gasteiger partial charge in [-0.3, -0.25) is 4.79 Å². The van der Waals surface area contributed by atoms with Crippen molar-refractivity contribution in [3.8, 4) is 0 Å². The first kappa shape index (κ1) is 19.5. The van der Waals surface area contributed by atoms with E-state index < -0.39 is 0 Å². The zero-order chi connectivity index (χ0) is 19.4. The quantitative estimate of drug-likeness (QED) is 0.733. The summed E-state index contributed by atoms with van der Waals surface area (Å²) in [5.74, 6) is 2.15. The fraction of sp³-hybridized carbons (Fsp3) is 0.684. The number of hydrogen-bond donors (Lipinski definition) is 0. The number of amides is 1. The van der Waals surface area contributed by atoms with E-state index in [9.17, 15) is 4.79 Å². The van der Waals surface area contributed by atoms with Gasteiger partial charge in [0.2, 0.25) is 11.8 Å². The fourth-order valence-corrected chi connectivity index (χ4v) is 3.90. The van der Waals surface area contributed by atoms with E-state index in [0.717, 1.165) is 42.8 Å². The lowest BCUT2D eigenvalue weighted by Gasteiger charge is -2.41. The lowest BCUT2D eigenvalue weighted by atomic mass is 9.76. The van der Waals surface area contributed by atoms with E-state index in [2.05, 4.69) is 15.3 Å². The fourth-order valence-electron chi connectivity index (χ4n) is 3.90. The normalized spacial score (nSPS) is 20.2. The Morgan fingerprint density at radius 2 is 2.07 bits per heavy atom. The first-order valence-corrected chi connectivity index (χ1v) is 9.44. The Kier molecular flexibility index (Phi) is 5.94. The van der Waals surface area contributed by atoms with Gasteiger partial charge in [0.05, 0.1) is 11.1 Å². The molecule has 2 aromatic heterocycles. The van der Waals surface area contributed by atoms with Gasteiger partial charge >= 0.3 is 0 Å². The van der Waals surface area contributed by atoms with E-state index in [0.29, 0.717) is 37.7 Å². The molecule has 0 N–H and O–H groups in total. The molecule has 1 saturated heterocycles. The first-order chi connectivity index (χ1) is 12.9. The van der Waals surface area contributed by atoms with Crippen molar-refractivity contribution in [2.75, 3.05) is 26.8 Å². The summed E-state index contributed by atoms with van der Waals surface area (Å²) in [4.78, 5) is 19.3. The van der Waals surface area contributed by atoms with Crippen LogP contribution in [0.25, 0.3) is 0 Å².